The number of hydrogen-bond acceptors (Lipinski definition) is 1. The molecule has 0 saturated heterocycles. The Bertz CT molecular complexity index is 393. The Balaban J connectivity index is 0.00000324. The van der Waals surface area contributed by atoms with Gasteiger partial charge in [0.25, 0.3) is 0 Å². The molecule has 19 heavy (non-hydrogen) atoms. The summed E-state index contributed by atoms with van der Waals surface area (Å²) in [5.74, 6) is -0.881. The second kappa shape index (κ2) is 7.70. The van der Waals surface area contributed by atoms with E-state index in [1.807, 2.05) is 6.92 Å². The van der Waals surface area contributed by atoms with Crippen LogP contribution in [0, 0.1) is 5.82 Å². The van der Waals surface area contributed by atoms with E-state index in [1.54, 1.807) is 0 Å². The zero-order chi connectivity index (χ0) is 13.8. The van der Waals surface area contributed by atoms with Crippen LogP contribution in [0.1, 0.15) is 49.8 Å². The molecule has 0 bridgehead atoms. The van der Waals surface area contributed by atoms with Gasteiger partial charge in [-0.1, -0.05) is 32.3 Å². The fraction of sp³-hybridized carbons (Fsp3) is 0.538. The standard InChI is InChI=1S/C13H17F4N.ClH/c1-2-3-4-5-12(18)10-7-6-9(8-11(10)14)13(15,16)17;/h6-8,12H,2-5,18H2,1H3;1H/t12-;/m1./s1. The molecule has 1 atom stereocenters. The zero-order valence-corrected chi connectivity index (χ0v) is 11.5. The summed E-state index contributed by atoms with van der Waals surface area (Å²) in [4.78, 5) is 0. The van der Waals surface area contributed by atoms with Gasteiger partial charge in [-0.25, -0.2) is 4.39 Å². The number of hydrogen-bond donors (Lipinski definition) is 1. The minimum Gasteiger partial charge on any atom is -0.324 e. The van der Waals surface area contributed by atoms with Gasteiger partial charge in [-0.3, -0.25) is 0 Å². The molecule has 2 N–H and O–H groups in total. The fourth-order valence-corrected chi connectivity index (χ4v) is 1.77. The van der Waals surface area contributed by atoms with E-state index in [9.17, 15) is 17.6 Å². The Kier molecular flexibility index (Phi) is 7.37. The van der Waals surface area contributed by atoms with Crippen LogP contribution in [0.2, 0.25) is 0 Å². The van der Waals surface area contributed by atoms with Crippen molar-refractivity contribution in [2.45, 2.75) is 44.8 Å². The van der Waals surface area contributed by atoms with Crippen LogP contribution in [0.25, 0.3) is 0 Å². The molecule has 0 amide bonds. The highest BCUT2D eigenvalue weighted by Gasteiger charge is 2.31. The minimum absolute atomic E-state index is 0. The molecule has 0 spiro atoms. The van der Waals surface area contributed by atoms with E-state index in [2.05, 4.69) is 0 Å². The molecule has 0 fully saturated rings. The van der Waals surface area contributed by atoms with Gasteiger partial charge >= 0.3 is 6.18 Å². The number of alkyl halides is 3. The van der Waals surface area contributed by atoms with Gasteiger partial charge in [0.05, 0.1) is 5.56 Å². The number of halogens is 5. The minimum atomic E-state index is -4.52. The fourth-order valence-electron chi connectivity index (χ4n) is 1.77. The third kappa shape index (κ3) is 5.37. The Morgan fingerprint density at radius 3 is 2.32 bits per heavy atom. The monoisotopic (exact) mass is 299 g/mol. The van der Waals surface area contributed by atoms with Crippen molar-refractivity contribution in [3.63, 3.8) is 0 Å². The first-order valence-corrected chi connectivity index (χ1v) is 5.98. The second-order valence-electron chi connectivity index (χ2n) is 4.34. The predicted molar refractivity (Wildman–Crippen MR) is 69.7 cm³/mol. The molecule has 0 radical (unpaired) electrons. The van der Waals surface area contributed by atoms with Gasteiger partial charge in [0, 0.05) is 11.6 Å². The average molecular weight is 300 g/mol. The third-order valence-corrected chi connectivity index (χ3v) is 2.85. The van der Waals surface area contributed by atoms with Crippen LogP contribution >= 0.6 is 12.4 Å². The van der Waals surface area contributed by atoms with Gasteiger partial charge in [-0.2, -0.15) is 13.2 Å². The number of benzene rings is 1. The van der Waals surface area contributed by atoms with Crippen molar-refractivity contribution in [2.24, 2.45) is 5.73 Å². The topological polar surface area (TPSA) is 26.0 Å². The normalized spacial score (nSPS) is 12.9. The van der Waals surface area contributed by atoms with E-state index in [4.69, 9.17) is 5.73 Å². The summed E-state index contributed by atoms with van der Waals surface area (Å²) >= 11 is 0. The van der Waals surface area contributed by atoms with E-state index in [1.165, 1.54) is 0 Å². The molecule has 1 nitrogen and oxygen atoms in total. The summed E-state index contributed by atoms with van der Waals surface area (Å²) in [6, 6.07) is 1.97. The summed E-state index contributed by atoms with van der Waals surface area (Å²) in [6.07, 6.45) is -1.10. The molecule has 6 heteroatoms. The first kappa shape index (κ1) is 18.2. The smallest absolute Gasteiger partial charge is 0.324 e. The van der Waals surface area contributed by atoms with Crippen molar-refractivity contribution in [2.75, 3.05) is 0 Å². The number of unbranched alkanes of at least 4 members (excludes halogenated alkanes) is 2. The lowest BCUT2D eigenvalue weighted by atomic mass is 9.99. The quantitative estimate of drug-likeness (QED) is 0.610. The number of nitrogens with two attached hydrogens (primary N) is 1. The maximum atomic E-state index is 13.6. The SMILES string of the molecule is CCCCC[C@@H](N)c1ccc(C(F)(F)F)cc1F.Cl. The Morgan fingerprint density at radius 2 is 1.84 bits per heavy atom. The summed E-state index contributed by atoms with van der Waals surface area (Å²) < 4.78 is 50.6. The summed E-state index contributed by atoms with van der Waals surface area (Å²) in [5, 5.41) is 0. The predicted octanol–water partition coefficient (Wildman–Crippen LogP) is 4.85. The first-order chi connectivity index (χ1) is 8.36. The molecule has 0 aromatic heterocycles. The van der Waals surface area contributed by atoms with Crippen molar-refractivity contribution >= 4 is 12.4 Å². The Labute approximate surface area is 116 Å². The van der Waals surface area contributed by atoms with Gasteiger partial charge in [-0.15, -0.1) is 12.4 Å². The highest BCUT2D eigenvalue weighted by Crippen LogP contribution is 2.31. The van der Waals surface area contributed by atoms with Crippen LogP contribution in [-0.4, -0.2) is 0 Å². The highest BCUT2D eigenvalue weighted by atomic mass is 35.5. The molecular weight excluding hydrogens is 282 g/mol. The molecule has 0 unspecified atom stereocenters. The Morgan fingerprint density at radius 1 is 1.21 bits per heavy atom. The van der Waals surface area contributed by atoms with Crippen LogP contribution < -0.4 is 5.73 Å². The third-order valence-electron chi connectivity index (χ3n) is 2.85. The molecule has 0 saturated carbocycles. The van der Waals surface area contributed by atoms with Crippen molar-refractivity contribution in [3.8, 4) is 0 Å². The van der Waals surface area contributed by atoms with Crippen LogP contribution in [0.3, 0.4) is 0 Å². The first-order valence-electron chi connectivity index (χ1n) is 5.98. The van der Waals surface area contributed by atoms with Crippen molar-refractivity contribution in [1.29, 1.82) is 0 Å². The van der Waals surface area contributed by atoms with Gasteiger partial charge in [0.2, 0.25) is 0 Å². The molecule has 1 aromatic carbocycles. The maximum absolute atomic E-state index is 13.6. The molecule has 0 aliphatic rings. The van der Waals surface area contributed by atoms with E-state index in [0.717, 1.165) is 31.4 Å². The average Bonchev–Trinajstić information content (AvgIpc) is 2.27. The molecule has 110 valence electrons. The largest absolute Gasteiger partial charge is 0.416 e. The van der Waals surface area contributed by atoms with Gasteiger partial charge < -0.3 is 5.73 Å². The summed E-state index contributed by atoms with van der Waals surface area (Å²) in [6.45, 7) is 2.03. The van der Waals surface area contributed by atoms with Crippen molar-refractivity contribution in [1.82, 2.24) is 0 Å². The Hall–Kier alpha value is -0.810. The lowest BCUT2D eigenvalue weighted by Crippen LogP contribution is -2.13. The second-order valence-corrected chi connectivity index (χ2v) is 4.34. The highest BCUT2D eigenvalue weighted by molar-refractivity contribution is 5.85. The molecule has 0 heterocycles. The van der Waals surface area contributed by atoms with Crippen molar-refractivity contribution in [3.05, 3.63) is 35.1 Å². The van der Waals surface area contributed by atoms with Gasteiger partial charge in [-0.05, 0) is 18.6 Å². The molecule has 1 rings (SSSR count). The van der Waals surface area contributed by atoms with E-state index < -0.39 is 23.6 Å². The van der Waals surface area contributed by atoms with Crippen LogP contribution in [0.4, 0.5) is 17.6 Å². The lowest BCUT2D eigenvalue weighted by Gasteiger charge is -2.14. The molecule has 1 aromatic rings. The van der Waals surface area contributed by atoms with Crippen LogP contribution in [0.5, 0.6) is 0 Å². The molecule has 0 aliphatic heterocycles. The van der Waals surface area contributed by atoms with Crippen LogP contribution in [-0.2, 0) is 6.18 Å². The maximum Gasteiger partial charge on any atom is 0.416 e. The lowest BCUT2D eigenvalue weighted by molar-refractivity contribution is -0.137. The van der Waals surface area contributed by atoms with E-state index in [-0.39, 0.29) is 18.0 Å². The zero-order valence-electron chi connectivity index (χ0n) is 10.6. The van der Waals surface area contributed by atoms with Gasteiger partial charge in [0.1, 0.15) is 5.82 Å². The van der Waals surface area contributed by atoms with E-state index in [0.29, 0.717) is 12.5 Å². The summed E-state index contributed by atoms with van der Waals surface area (Å²) in [5.41, 5.74) is 4.94. The summed E-state index contributed by atoms with van der Waals surface area (Å²) in [7, 11) is 0. The van der Waals surface area contributed by atoms with Crippen molar-refractivity contribution < 1.29 is 17.6 Å². The molecule has 0 aliphatic carbocycles. The van der Waals surface area contributed by atoms with E-state index >= 15 is 0 Å². The van der Waals surface area contributed by atoms with Crippen LogP contribution in [0.15, 0.2) is 18.2 Å². The number of rotatable bonds is 5. The molecular formula is C13H18ClF4N. The van der Waals surface area contributed by atoms with Gasteiger partial charge in [0.15, 0.2) is 0 Å².